The number of carbonyl (C=O) groups is 4. The van der Waals surface area contributed by atoms with Crippen LogP contribution < -0.4 is 21.3 Å². The SMILES string of the molecule is COC(=O)c1ccc2c(c1)NC(=O)/C2=C(\Nc1ccc(N(CC(N)=O)C(C)=O)cc1)c1ccccc1. The molecule has 0 unspecified atom stereocenters. The Morgan fingerprint density at radius 1 is 0.972 bits per heavy atom. The number of benzene rings is 3. The van der Waals surface area contributed by atoms with Gasteiger partial charge >= 0.3 is 5.97 Å². The molecule has 0 aliphatic carbocycles. The third-order valence-electron chi connectivity index (χ3n) is 5.64. The van der Waals surface area contributed by atoms with Crippen molar-refractivity contribution >= 4 is 52.0 Å². The quantitative estimate of drug-likeness (QED) is 0.349. The van der Waals surface area contributed by atoms with Gasteiger partial charge in [0.2, 0.25) is 11.8 Å². The summed E-state index contributed by atoms with van der Waals surface area (Å²) in [5.41, 5.74) is 9.66. The van der Waals surface area contributed by atoms with Crippen molar-refractivity contribution in [1.29, 1.82) is 0 Å². The van der Waals surface area contributed by atoms with Gasteiger partial charge in [-0.2, -0.15) is 0 Å². The standard InChI is InChI=1S/C27H24N4O5/c1-16(32)31(15-23(28)33)20-11-9-19(10-12-20)29-25(17-6-4-3-5-7-17)24-21-13-8-18(27(35)36-2)14-22(21)30-26(24)34/h3-14,29H,15H2,1-2H3,(H2,28,33)(H,30,34)/b25-24-. The number of esters is 1. The lowest BCUT2D eigenvalue weighted by Gasteiger charge is -2.20. The lowest BCUT2D eigenvalue weighted by molar-refractivity contribution is -0.121. The van der Waals surface area contributed by atoms with Crippen LogP contribution >= 0.6 is 0 Å². The fraction of sp³-hybridized carbons (Fsp3) is 0.111. The smallest absolute Gasteiger partial charge is 0.337 e. The zero-order valence-electron chi connectivity index (χ0n) is 19.7. The summed E-state index contributed by atoms with van der Waals surface area (Å²) in [5.74, 6) is -1.75. The molecule has 1 aliphatic rings. The minimum atomic E-state index is -0.621. The highest BCUT2D eigenvalue weighted by Crippen LogP contribution is 2.38. The maximum Gasteiger partial charge on any atom is 0.337 e. The number of primary amides is 1. The number of carbonyl (C=O) groups excluding carboxylic acids is 4. The molecule has 0 aromatic heterocycles. The van der Waals surface area contributed by atoms with E-state index in [-0.39, 0.29) is 18.4 Å². The first-order chi connectivity index (χ1) is 17.3. The van der Waals surface area contributed by atoms with Gasteiger partial charge in [0.1, 0.15) is 6.54 Å². The zero-order chi connectivity index (χ0) is 25.8. The molecule has 0 bridgehead atoms. The topological polar surface area (TPSA) is 131 Å². The van der Waals surface area contributed by atoms with Gasteiger partial charge in [0.05, 0.1) is 29.6 Å². The summed E-state index contributed by atoms with van der Waals surface area (Å²) in [5, 5.41) is 6.15. The van der Waals surface area contributed by atoms with Gasteiger partial charge in [-0.3, -0.25) is 14.4 Å². The van der Waals surface area contributed by atoms with Crippen LogP contribution in [0.4, 0.5) is 17.1 Å². The molecule has 0 radical (unpaired) electrons. The van der Waals surface area contributed by atoms with Gasteiger partial charge < -0.3 is 26.0 Å². The third-order valence-corrected chi connectivity index (χ3v) is 5.64. The summed E-state index contributed by atoms with van der Waals surface area (Å²) in [6.07, 6.45) is 0. The number of hydrogen-bond donors (Lipinski definition) is 3. The predicted molar refractivity (Wildman–Crippen MR) is 137 cm³/mol. The van der Waals surface area contributed by atoms with Crippen LogP contribution in [0.2, 0.25) is 0 Å². The van der Waals surface area contributed by atoms with E-state index in [1.807, 2.05) is 30.3 Å². The van der Waals surface area contributed by atoms with Crippen LogP contribution in [0, 0.1) is 0 Å². The van der Waals surface area contributed by atoms with Crippen molar-refractivity contribution in [3.8, 4) is 0 Å². The highest BCUT2D eigenvalue weighted by atomic mass is 16.5. The molecular formula is C27H24N4O5. The molecule has 182 valence electrons. The monoisotopic (exact) mass is 484 g/mol. The summed E-state index contributed by atoms with van der Waals surface area (Å²) in [7, 11) is 1.30. The van der Waals surface area contributed by atoms with Gasteiger partial charge in [0.25, 0.3) is 5.91 Å². The van der Waals surface area contributed by atoms with Crippen molar-refractivity contribution in [2.24, 2.45) is 5.73 Å². The van der Waals surface area contributed by atoms with Crippen LogP contribution in [0.3, 0.4) is 0 Å². The maximum atomic E-state index is 13.1. The summed E-state index contributed by atoms with van der Waals surface area (Å²) >= 11 is 0. The van der Waals surface area contributed by atoms with E-state index in [9.17, 15) is 19.2 Å². The Hall–Kier alpha value is -4.92. The highest BCUT2D eigenvalue weighted by molar-refractivity contribution is 6.37. The first kappa shape index (κ1) is 24.2. The van der Waals surface area contributed by atoms with Crippen molar-refractivity contribution in [3.63, 3.8) is 0 Å². The Balaban J connectivity index is 1.75. The number of rotatable bonds is 7. The average molecular weight is 485 g/mol. The molecule has 0 saturated heterocycles. The molecule has 0 fully saturated rings. The van der Waals surface area contributed by atoms with Crippen LogP contribution in [0.1, 0.15) is 28.4 Å². The van der Waals surface area contributed by atoms with Gasteiger partial charge in [-0.05, 0) is 42.0 Å². The number of nitrogens with zero attached hydrogens (tertiary/aromatic N) is 1. The number of hydrogen-bond acceptors (Lipinski definition) is 6. The number of methoxy groups -OCH3 is 1. The summed E-state index contributed by atoms with van der Waals surface area (Å²) in [6.45, 7) is 1.13. The second-order valence-corrected chi connectivity index (χ2v) is 8.07. The van der Waals surface area contributed by atoms with Crippen LogP contribution in [0.5, 0.6) is 0 Å². The summed E-state index contributed by atoms with van der Waals surface area (Å²) < 4.78 is 4.78. The molecule has 4 N–H and O–H groups in total. The van der Waals surface area contributed by atoms with Crippen molar-refractivity contribution in [2.45, 2.75) is 6.92 Å². The summed E-state index contributed by atoms with van der Waals surface area (Å²) in [6, 6.07) is 21.1. The fourth-order valence-corrected chi connectivity index (χ4v) is 3.96. The first-order valence-electron chi connectivity index (χ1n) is 11.1. The number of nitrogens with one attached hydrogen (secondary N) is 2. The molecule has 3 aromatic carbocycles. The Kier molecular flexibility index (Phi) is 6.82. The largest absolute Gasteiger partial charge is 0.465 e. The minimum absolute atomic E-state index is 0.230. The molecule has 1 aliphatic heterocycles. The molecule has 9 nitrogen and oxygen atoms in total. The molecule has 3 amide bonds. The van der Waals surface area contributed by atoms with E-state index in [1.54, 1.807) is 42.5 Å². The molecule has 0 atom stereocenters. The van der Waals surface area contributed by atoms with Crippen LogP contribution in [0.25, 0.3) is 11.3 Å². The lowest BCUT2D eigenvalue weighted by Crippen LogP contribution is -2.37. The van der Waals surface area contributed by atoms with Gasteiger partial charge in [0, 0.05) is 23.9 Å². The molecule has 4 rings (SSSR count). The van der Waals surface area contributed by atoms with E-state index in [0.29, 0.717) is 39.5 Å². The first-order valence-corrected chi connectivity index (χ1v) is 11.1. The van der Waals surface area contributed by atoms with E-state index >= 15 is 0 Å². The molecule has 0 spiro atoms. The van der Waals surface area contributed by atoms with E-state index in [2.05, 4.69) is 10.6 Å². The van der Waals surface area contributed by atoms with Crippen LogP contribution in [0.15, 0.2) is 72.8 Å². The number of fused-ring (bicyclic) bond motifs is 1. The van der Waals surface area contributed by atoms with Gasteiger partial charge in [-0.15, -0.1) is 0 Å². The number of ether oxygens (including phenoxy) is 1. The third kappa shape index (κ3) is 4.95. The Morgan fingerprint density at radius 3 is 2.28 bits per heavy atom. The van der Waals surface area contributed by atoms with Crippen molar-refractivity contribution in [2.75, 3.05) is 29.2 Å². The molecule has 36 heavy (non-hydrogen) atoms. The predicted octanol–water partition coefficient (Wildman–Crippen LogP) is 3.24. The van der Waals surface area contributed by atoms with E-state index in [0.717, 1.165) is 5.56 Å². The average Bonchev–Trinajstić information content (AvgIpc) is 3.20. The van der Waals surface area contributed by atoms with Crippen molar-refractivity contribution < 1.29 is 23.9 Å². The van der Waals surface area contributed by atoms with Crippen LogP contribution in [-0.2, 0) is 19.1 Å². The van der Waals surface area contributed by atoms with Crippen molar-refractivity contribution in [3.05, 3.63) is 89.5 Å². The van der Waals surface area contributed by atoms with Gasteiger partial charge in [0.15, 0.2) is 0 Å². The Morgan fingerprint density at radius 2 is 1.67 bits per heavy atom. The molecule has 1 heterocycles. The fourth-order valence-electron chi connectivity index (χ4n) is 3.96. The second-order valence-electron chi connectivity index (χ2n) is 8.07. The van der Waals surface area contributed by atoms with E-state index in [1.165, 1.54) is 18.9 Å². The molecular weight excluding hydrogens is 460 g/mol. The molecule has 9 heteroatoms. The number of anilines is 3. The van der Waals surface area contributed by atoms with Gasteiger partial charge in [-0.25, -0.2) is 4.79 Å². The van der Waals surface area contributed by atoms with Gasteiger partial charge in [-0.1, -0.05) is 36.4 Å². The Bertz CT molecular complexity index is 1380. The highest BCUT2D eigenvalue weighted by Gasteiger charge is 2.29. The van der Waals surface area contributed by atoms with E-state index in [4.69, 9.17) is 10.5 Å². The van der Waals surface area contributed by atoms with E-state index < -0.39 is 11.9 Å². The normalized spacial score (nSPS) is 13.3. The molecule has 3 aromatic rings. The summed E-state index contributed by atoms with van der Waals surface area (Å²) in [4.78, 5) is 49.6. The Labute approximate surface area is 207 Å². The second kappa shape index (κ2) is 10.1. The lowest BCUT2D eigenvalue weighted by atomic mass is 9.99. The molecule has 0 saturated carbocycles. The minimum Gasteiger partial charge on any atom is -0.465 e. The van der Waals surface area contributed by atoms with Crippen molar-refractivity contribution in [1.82, 2.24) is 0 Å². The maximum absolute atomic E-state index is 13.1. The zero-order valence-corrected chi connectivity index (χ0v) is 19.7. The van der Waals surface area contributed by atoms with Crippen LogP contribution in [-0.4, -0.2) is 37.3 Å². The number of amides is 3. The number of nitrogens with two attached hydrogens (primary N) is 1.